The lowest BCUT2D eigenvalue weighted by Crippen LogP contribution is -2.14. The SMILES string of the molecule is CCNc1ncnc(NCC(C)C)c1C(C)C. The highest BCUT2D eigenvalue weighted by atomic mass is 15.1. The van der Waals surface area contributed by atoms with E-state index < -0.39 is 0 Å². The van der Waals surface area contributed by atoms with Crippen LogP contribution < -0.4 is 10.6 Å². The molecule has 0 fully saturated rings. The fourth-order valence-corrected chi connectivity index (χ4v) is 1.69. The monoisotopic (exact) mass is 236 g/mol. The number of hydrogen-bond donors (Lipinski definition) is 2. The zero-order chi connectivity index (χ0) is 12.8. The molecule has 17 heavy (non-hydrogen) atoms. The minimum absolute atomic E-state index is 0.403. The van der Waals surface area contributed by atoms with Crippen molar-refractivity contribution in [2.75, 3.05) is 23.7 Å². The first kappa shape index (κ1) is 13.7. The topological polar surface area (TPSA) is 49.8 Å². The molecule has 1 heterocycles. The van der Waals surface area contributed by atoms with Gasteiger partial charge in [0.1, 0.15) is 18.0 Å². The van der Waals surface area contributed by atoms with Gasteiger partial charge in [-0.05, 0) is 18.8 Å². The van der Waals surface area contributed by atoms with Crippen LogP contribution in [0.15, 0.2) is 6.33 Å². The van der Waals surface area contributed by atoms with Crippen molar-refractivity contribution in [2.24, 2.45) is 5.92 Å². The van der Waals surface area contributed by atoms with Crippen molar-refractivity contribution in [2.45, 2.75) is 40.5 Å². The van der Waals surface area contributed by atoms with E-state index in [1.54, 1.807) is 6.33 Å². The Morgan fingerprint density at radius 3 is 2.12 bits per heavy atom. The fraction of sp³-hybridized carbons (Fsp3) is 0.692. The molecule has 4 heteroatoms. The Bertz CT molecular complexity index is 347. The number of nitrogens with zero attached hydrogens (tertiary/aromatic N) is 2. The molecule has 1 rings (SSSR count). The molecule has 96 valence electrons. The Hall–Kier alpha value is -1.32. The fourth-order valence-electron chi connectivity index (χ4n) is 1.69. The van der Waals surface area contributed by atoms with Crippen LogP contribution in [0.25, 0.3) is 0 Å². The van der Waals surface area contributed by atoms with Crippen LogP contribution in [0, 0.1) is 5.92 Å². The highest BCUT2D eigenvalue weighted by molar-refractivity contribution is 5.58. The molecule has 0 radical (unpaired) electrons. The second-order valence-electron chi connectivity index (χ2n) is 4.94. The first-order chi connectivity index (χ1) is 8.06. The summed E-state index contributed by atoms with van der Waals surface area (Å²) in [6, 6.07) is 0. The zero-order valence-electron chi connectivity index (χ0n) is 11.5. The molecule has 0 aliphatic heterocycles. The maximum Gasteiger partial charge on any atom is 0.134 e. The van der Waals surface area contributed by atoms with E-state index in [2.05, 4.69) is 55.2 Å². The lowest BCUT2D eigenvalue weighted by atomic mass is 10.0. The van der Waals surface area contributed by atoms with Crippen LogP contribution in [0.4, 0.5) is 11.6 Å². The van der Waals surface area contributed by atoms with Gasteiger partial charge in [0.2, 0.25) is 0 Å². The van der Waals surface area contributed by atoms with E-state index >= 15 is 0 Å². The summed E-state index contributed by atoms with van der Waals surface area (Å²) >= 11 is 0. The molecule has 0 atom stereocenters. The van der Waals surface area contributed by atoms with Gasteiger partial charge >= 0.3 is 0 Å². The molecule has 0 spiro atoms. The Kier molecular flexibility index (Phi) is 5.19. The van der Waals surface area contributed by atoms with Gasteiger partial charge in [0.15, 0.2) is 0 Å². The van der Waals surface area contributed by atoms with Gasteiger partial charge in [-0.1, -0.05) is 27.7 Å². The largest absolute Gasteiger partial charge is 0.370 e. The van der Waals surface area contributed by atoms with Crippen LogP contribution in [0.2, 0.25) is 0 Å². The van der Waals surface area contributed by atoms with Gasteiger partial charge in [-0.15, -0.1) is 0 Å². The van der Waals surface area contributed by atoms with Crippen LogP contribution >= 0.6 is 0 Å². The van der Waals surface area contributed by atoms with Gasteiger partial charge in [0.25, 0.3) is 0 Å². The third kappa shape index (κ3) is 3.88. The van der Waals surface area contributed by atoms with E-state index in [0.717, 1.165) is 24.7 Å². The van der Waals surface area contributed by atoms with Gasteiger partial charge in [0, 0.05) is 18.7 Å². The molecule has 0 aromatic carbocycles. The van der Waals surface area contributed by atoms with E-state index in [4.69, 9.17) is 0 Å². The van der Waals surface area contributed by atoms with Crippen molar-refractivity contribution in [1.82, 2.24) is 9.97 Å². The average molecular weight is 236 g/mol. The number of nitrogens with one attached hydrogen (secondary N) is 2. The third-order valence-corrected chi connectivity index (χ3v) is 2.48. The van der Waals surface area contributed by atoms with Crippen molar-refractivity contribution < 1.29 is 0 Å². The van der Waals surface area contributed by atoms with E-state index in [-0.39, 0.29) is 0 Å². The summed E-state index contributed by atoms with van der Waals surface area (Å²) in [5.41, 5.74) is 1.18. The second-order valence-corrected chi connectivity index (χ2v) is 4.94. The van der Waals surface area contributed by atoms with Crippen molar-refractivity contribution in [1.29, 1.82) is 0 Å². The molecule has 1 aromatic rings. The van der Waals surface area contributed by atoms with E-state index in [1.807, 2.05) is 0 Å². The zero-order valence-corrected chi connectivity index (χ0v) is 11.5. The Balaban J connectivity index is 2.98. The molecular weight excluding hydrogens is 212 g/mol. The molecule has 0 saturated carbocycles. The van der Waals surface area contributed by atoms with Crippen LogP contribution in [0.1, 0.15) is 46.1 Å². The molecule has 0 aliphatic rings. The number of rotatable bonds is 6. The van der Waals surface area contributed by atoms with Gasteiger partial charge < -0.3 is 10.6 Å². The van der Waals surface area contributed by atoms with Gasteiger partial charge in [-0.25, -0.2) is 9.97 Å². The molecule has 1 aromatic heterocycles. The van der Waals surface area contributed by atoms with Crippen molar-refractivity contribution in [3.05, 3.63) is 11.9 Å². The molecule has 2 N–H and O–H groups in total. The third-order valence-electron chi connectivity index (χ3n) is 2.48. The summed E-state index contributed by atoms with van der Waals surface area (Å²) < 4.78 is 0. The molecule has 0 unspecified atom stereocenters. The smallest absolute Gasteiger partial charge is 0.134 e. The first-order valence-electron chi connectivity index (χ1n) is 6.38. The minimum atomic E-state index is 0.403. The summed E-state index contributed by atoms with van der Waals surface area (Å²) in [4.78, 5) is 8.67. The van der Waals surface area contributed by atoms with Crippen molar-refractivity contribution in [3.63, 3.8) is 0 Å². The van der Waals surface area contributed by atoms with Crippen LogP contribution in [-0.4, -0.2) is 23.1 Å². The normalized spacial score (nSPS) is 11.0. The van der Waals surface area contributed by atoms with Crippen LogP contribution in [0.5, 0.6) is 0 Å². The predicted molar refractivity (Wildman–Crippen MR) is 73.6 cm³/mol. The maximum absolute atomic E-state index is 4.35. The Morgan fingerprint density at radius 1 is 1.06 bits per heavy atom. The van der Waals surface area contributed by atoms with Gasteiger partial charge in [0.05, 0.1) is 0 Å². The molecule has 0 saturated heterocycles. The summed E-state index contributed by atoms with van der Waals surface area (Å²) in [5.74, 6) is 2.91. The minimum Gasteiger partial charge on any atom is -0.370 e. The van der Waals surface area contributed by atoms with Crippen molar-refractivity contribution in [3.8, 4) is 0 Å². The summed E-state index contributed by atoms with van der Waals surface area (Å²) in [6.45, 7) is 12.6. The Labute approximate surface area is 104 Å². The second kappa shape index (κ2) is 6.42. The Morgan fingerprint density at radius 2 is 1.65 bits per heavy atom. The predicted octanol–water partition coefficient (Wildman–Crippen LogP) is 3.10. The molecular formula is C13H24N4. The summed E-state index contributed by atoms with van der Waals surface area (Å²) in [6.07, 6.45) is 1.62. The van der Waals surface area contributed by atoms with E-state index in [0.29, 0.717) is 11.8 Å². The van der Waals surface area contributed by atoms with Gasteiger partial charge in [-0.2, -0.15) is 0 Å². The number of aromatic nitrogens is 2. The molecule has 0 amide bonds. The first-order valence-corrected chi connectivity index (χ1v) is 6.38. The molecule has 4 nitrogen and oxygen atoms in total. The molecule has 0 bridgehead atoms. The quantitative estimate of drug-likeness (QED) is 0.797. The van der Waals surface area contributed by atoms with Crippen molar-refractivity contribution >= 4 is 11.6 Å². The standard InChI is InChI=1S/C13H24N4/c1-6-14-12-11(10(4)5)13(17-8-16-12)15-7-9(2)3/h8-10H,6-7H2,1-5H3,(H2,14,15,16,17). The lowest BCUT2D eigenvalue weighted by molar-refractivity contribution is 0.684. The van der Waals surface area contributed by atoms with Crippen LogP contribution in [0.3, 0.4) is 0 Å². The maximum atomic E-state index is 4.35. The highest BCUT2D eigenvalue weighted by Crippen LogP contribution is 2.28. The average Bonchev–Trinajstić information content (AvgIpc) is 2.26. The van der Waals surface area contributed by atoms with Gasteiger partial charge in [-0.3, -0.25) is 0 Å². The van der Waals surface area contributed by atoms with E-state index in [1.165, 1.54) is 5.56 Å². The van der Waals surface area contributed by atoms with E-state index in [9.17, 15) is 0 Å². The summed E-state index contributed by atoms with van der Waals surface area (Å²) in [7, 11) is 0. The number of hydrogen-bond acceptors (Lipinski definition) is 4. The number of anilines is 2. The lowest BCUT2D eigenvalue weighted by Gasteiger charge is -2.18. The summed E-state index contributed by atoms with van der Waals surface area (Å²) in [5, 5.41) is 6.70. The van der Waals surface area contributed by atoms with Crippen LogP contribution in [-0.2, 0) is 0 Å². The molecule has 0 aliphatic carbocycles. The highest BCUT2D eigenvalue weighted by Gasteiger charge is 2.14.